The van der Waals surface area contributed by atoms with Crippen LogP contribution in [0, 0.1) is 0 Å². The maximum absolute atomic E-state index is 12.9. The summed E-state index contributed by atoms with van der Waals surface area (Å²) in [5.74, 6) is -0.0403. The van der Waals surface area contributed by atoms with Crippen molar-refractivity contribution in [1.29, 1.82) is 0 Å². The number of aromatic nitrogens is 1. The number of benzene rings is 2. The molecule has 1 aromatic heterocycles. The van der Waals surface area contributed by atoms with Gasteiger partial charge in [0.15, 0.2) is 0 Å². The van der Waals surface area contributed by atoms with Crippen molar-refractivity contribution in [2.75, 3.05) is 4.90 Å². The van der Waals surface area contributed by atoms with Gasteiger partial charge in [0.25, 0.3) is 0 Å². The number of rotatable bonds is 6. The number of hydrogen-bond donors (Lipinski definition) is 1. The average molecular weight is 458 g/mol. The van der Waals surface area contributed by atoms with Crippen LogP contribution in [0.4, 0.5) is 5.69 Å². The number of anilines is 1. The number of nitrogens with zero attached hydrogens (tertiary/aromatic N) is 2. The number of amides is 1. The number of sulfonamides is 1. The van der Waals surface area contributed by atoms with Gasteiger partial charge < -0.3 is 9.47 Å². The molecule has 0 fully saturated rings. The van der Waals surface area contributed by atoms with Gasteiger partial charge >= 0.3 is 0 Å². The number of fused-ring (bicyclic) bond motifs is 1. The molecule has 8 heteroatoms. The molecule has 31 heavy (non-hydrogen) atoms. The normalized spacial score (nSPS) is 15.8. The van der Waals surface area contributed by atoms with Gasteiger partial charge in [0.2, 0.25) is 15.9 Å². The second-order valence-corrected chi connectivity index (χ2v) is 10.0. The fourth-order valence-electron chi connectivity index (χ4n) is 4.06. The number of nitrogens with one attached hydrogen (secondary N) is 1. The summed E-state index contributed by atoms with van der Waals surface area (Å²) in [6.07, 6.45) is 2.56. The molecule has 0 spiro atoms. The van der Waals surface area contributed by atoms with E-state index in [1.807, 2.05) is 54.1 Å². The van der Waals surface area contributed by atoms with Crippen LogP contribution in [-0.4, -0.2) is 24.9 Å². The van der Waals surface area contributed by atoms with E-state index in [0.717, 1.165) is 22.5 Å². The minimum absolute atomic E-state index is 0.0227. The molecule has 0 saturated heterocycles. The standard InChI is InChI=1S/C23H24ClN3O3S/c1-16-12-19-13-22(9-10-23(19)27(16)17(2)28)31(29,30)25-14-21-4-3-11-26(21)15-18-5-7-20(24)8-6-18/h3-11,13,16,25H,12,14-15H2,1-2H3/t16-/m1/s1. The Kier molecular flexibility index (Phi) is 5.92. The molecule has 1 aliphatic rings. The second-order valence-electron chi connectivity index (χ2n) is 7.81. The highest BCUT2D eigenvalue weighted by Crippen LogP contribution is 2.33. The van der Waals surface area contributed by atoms with Crippen LogP contribution in [-0.2, 0) is 34.3 Å². The quantitative estimate of drug-likeness (QED) is 0.608. The summed E-state index contributed by atoms with van der Waals surface area (Å²) in [5.41, 5.74) is 3.59. The molecule has 0 radical (unpaired) electrons. The largest absolute Gasteiger partial charge is 0.346 e. The number of hydrogen-bond acceptors (Lipinski definition) is 3. The molecule has 2 heterocycles. The van der Waals surface area contributed by atoms with Crippen molar-refractivity contribution in [1.82, 2.24) is 9.29 Å². The maximum Gasteiger partial charge on any atom is 0.240 e. The zero-order chi connectivity index (χ0) is 22.2. The molecule has 6 nitrogen and oxygen atoms in total. The van der Waals surface area contributed by atoms with E-state index in [9.17, 15) is 13.2 Å². The zero-order valence-electron chi connectivity index (χ0n) is 17.4. The average Bonchev–Trinajstić information content (AvgIpc) is 3.30. The SMILES string of the molecule is CC(=O)N1c2ccc(S(=O)(=O)NCc3cccn3Cc3ccc(Cl)cc3)cc2C[C@H]1C. The molecule has 0 bridgehead atoms. The van der Waals surface area contributed by atoms with Gasteiger partial charge in [-0.3, -0.25) is 4.79 Å². The predicted molar refractivity (Wildman–Crippen MR) is 122 cm³/mol. The van der Waals surface area contributed by atoms with Gasteiger partial charge in [-0.05, 0) is 66.9 Å². The van der Waals surface area contributed by atoms with Crippen molar-refractivity contribution in [3.05, 3.63) is 82.6 Å². The van der Waals surface area contributed by atoms with E-state index in [4.69, 9.17) is 11.6 Å². The summed E-state index contributed by atoms with van der Waals surface area (Å²) in [7, 11) is -3.69. The van der Waals surface area contributed by atoms with Crippen molar-refractivity contribution in [2.24, 2.45) is 0 Å². The van der Waals surface area contributed by atoms with E-state index in [1.165, 1.54) is 6.92 Å². The lowest BCUT2D eigenvalue weighted by Gasteiger charge is -2.20. The number of carbonyl (C=O) groups excluding carboxylic acids is 1. The number of halogens is 1. The first-order chi connectivity index (χ1) is 14.7. The Morgan fingerprint density at radius 2 is 1.90 bits per heavy atom. The highest BCUT2D eigenvalue weighted by molar-refractivity contribution is 7.89. The number of carbonyl (C=O) groups is 1. The molecule has 1 N–H and O–H groups in total. The van der Waals surface area contributed by atoms with E-state index in [-0.39, 0.29) is 23.4 Å². The Balaban J connectivity index is 1.49. The highest BCUT2D eigenvalue weighted by atomic mass is 35.5. The lowest BCUT2D eigenvalue weighted by Crippen LogP contribution is -2.33. The fraction of sp³-hybridized carbons (Fsp3) is 0.261. The van der Waals surface area contributed by atoms with Gasteiger partial charge in [0.05, 0.1) is 11.4 Å². The lowest BCUT2D eigenvalue weighted by atomic mass is 10.1. The maximum atomic E-state index is 12.9. The molecule has 1 amide bonds. The molecule has 1 atom stereocenters. The molecule has 0 saturated carbocycles. The van der Waals surface area contributed by atoms with E-state index < -0.39 is 10.0 Å². The summed E-state index contributed by atoms with van der Waals surface area (Å²) in [5, 5.41) is 0.680. The van der Waals surface area contributed by atoms with E-state index >= 15 is 0 Å². The summed E-state index contributed by atoms with van der Waals surface area (Å²) >= 11 is 5.95. The van der Waals surface area contributed by atoms with Crippen molar-refractivity contribution >= 4 is 33.2 Å². The van der Waals surface area contributed by atoms with Crippen LogP contribution in [0.25, 0.3) is 0 Å². The molecular weight excluding hydrogens is 434 g/mol. The smallest absolute Gasteiger partial charge is 0.240 e. The third kappa shape index (κ3) is 4.54. The third-order valence-electron chi connectivity index (χ3n) is 5.55. The lowest BCUT2D eigenvalue weighted by molar-refractivity contribution is -0.116. The second kappa shape index (κ2) is 8.49. The minimum atomic E-state index is -3.69. The van der Waals surface area contributed by atoms with Crippen molar-refractivity contribution in [3.63, 3.8) is 0 Å². The molecule has 0 unspecified atom stereocenters. The first kappa shape index (κ1) is 21.6. The molecule has 4 rings (SSSR count). The Hall–Kier alpha value is -2.61. The van der Waals surface area contributed by atoms with Crippen LogP contribution in [0.3, 0.4) is 0 Å². The molecule has 0 aliphatic carbocycles. The van der Waals surface area contributed by atoms with Crippen LogP contribution in [0.2, 0.25) is 5.02 Å². The monoisotopic (exact) mass is 457 g/mol. The van der Waals surface area contributed by atoms with Crippen LogP contribution in [0.15, 0.2) is 65.7 Å². The predicted octanol–water partition coefficient (Wildman–Crippen LogP) is 3.97. The van der Waals surface area contributed by atoms with E-state index in [0.29, 0.717) is 18.0 Å². The van der Waals surface area contributed by atoms with Gasteiger partial charge in [-0.1, -0.05) is 23.7 Å². The Morgan fingerprint density at radius 1 is 1.16 bits per heavy atom. The Morgan fingerprint density at radius 3 is 2.61 bits per heavy atom. The van der Waals surface area contributed by atoms with Gasteiger partial charge in [0, 0.05) is 42.1 Å². The van der Waals surface area contributed by atoms with Crippen LogP contribution in [0.5, 0.6) is 0 Å². The first-order valence-corrected chi connectivity index (χ1v) is 11.9. The van der Waals surface area contributed by atoms with E-state index in [1.54, 1.807) is 23.1 Å². The molecule has 2 aromatic carbocycles. The zero-order valence-corrected chi connectivity index (χ0v) is 18.9. The molecule has 162 valence electrons. The van der Waals surface area contributed by atoms with Gasteiger partial charge in [-0.25, -0.2) is 13.1 Å². The Bertz CT molecular complexity index is 1220. The summed E-state index contributed by atoms with van der Waals surface area (Å²) in [6.45, 7) is 4.29. The summed E-state index contributed by atoms with van der Waals surface area (Å²) in [6, 6.07) is 16.3. The Labute approximate surface area is 187 Å². The van der Waals surface area contributed by atoms with Crippen molar-refractivity contribution in [3.8, 4) is 0 Å². The third-order valence-corrected chi connectivity index (χ3v) is 7.20. The van der Waals surface area contributed by atoms with Crippen LogP contribution < -0.4 is 9.62 Å². The van der Waals surface area contributed by atoms with Crippen molar-refractivity contribution in [2.45, 2.75) is 44.3 Å². The van der Waals surface area contributed by atoms with Gasteiger partial charge in [-0.2, -0.15) is 0 Å². The van der Waals surface area contributed by atoms with Gasteiger partial charge in [-0.15, -0.1) is 0 Å². The fourth-order valence-corrected chi connectivity index (χ4v) is 5.23. The van der Waals surface area contributed by atoms with Gasteiger partial charge in [0.1, 0.15) is 0 Å². The summed E-state index contributed by atoms with van der Waals surface area (Å²) in [4.78, 5) is 13.8. The first-order valence-electron chi connectivity index (χ1n) is 10.1. The van der Waals surface area contributed by atoms with Crippen LogP contribution in [0.1, 0.15) is 30.7 Å². The topological polar surface area (TPSA) is 71.4 Å². The van der Waals surface area contributed by atoms with Crippen LogP contribution >= 0.6 is 11.6 Å². The van der Waals surface area contributed by atoms with Crippen molar-refractivity contribution < 1.29 is 13.2 Å². The highest BCUT2D eigenvalue weighted by Gasteiger charge is 2.30. The molecule has 1 aliphatic heterocycles. The molecular formula is C23H24ClN3O3S. The molecule has 3 aromatic rings. The van der Waals surface area contributed by atoms with E-state index in [2.05, 4.69) is 4.72 Å². The minimum Gasteiger partial charge on any atom is -0.346 e. The summed E-state index contributed by atoms with van der Waals surface area (Å²) < 4.78 is 30.5.